The third-order valence-electron chi connectivity index (χ3n) is 3.01. The lowest BCUT2D eigenvalue weighted by molar-refractivity contribution is 0.197. The predicted molar refractivity (Wildman–Crippen MR) is 83.2 cm³/mol. The van der Waals surface area contributed by atoms with Crippen molar-refractivity contribution in [2.75, 3.05) is 31.0 Å². The van der Waals surface area contributed by atoms with Gasteiger partial charge in [-0.15, -0.1) is 9.78 Å². The van der Waals surface area contributed by atoms with Gasteiger partial charge in [0.15, 0.2) is 0 Å². The van der Waals surface area contributed by atoms with E-state index in [9.17, 15) is 9.59 Å². The Bertz CT molecular complexity index is 692. The van der Waals surface area contributed by atoms with Crippen LogP contribution in [0.25, 0.3) is 0 Å². The lowest BCUT2D eigenvalue weighted by Crippen LogP contribution is -2.35. The molecule has 1 heterocycles. The Kier molecular flexibility index (Phi) is 4.82. The molecule has 0 spiro atoms. The first kappa shape index (κ1) is 15.6. The van der Waals surface area contributed by atoms with Crippen LogP contribution in [0.2, 0.25) is 0 Å². The fraction of sp³-hybridized carbons (Fsp3) is 0.357. The van der Waals surface area contributed by atoms with Gasteiger partial charge >= 0.3 is 11.8 Å². The summed E-state index contributed by atoms with van der Waals surface area (Å²) < 4.78 is 7.03. The predicted octanol–water partition coefficient (Wildman–Crippen LogP) is 1.11. The Morgan fingerprint density at radius 1 is 1.36 bits per heavy atom. The summed E-state index contributed by atoms with van der Waals surface area (Å²) >= 11 is 0. The Hall–Kier alpha value is -2.77. The molecule has 118 valence electrons. The molecule has 1 aromatic carbocycles. The van der Waals surface area contributed by atoms with Gasteiger partial charge in [0.05, 0.1) is 0 Å². The van der Waals surface area contributed by atoms with E-state index in [0.29, 0.717) is 22.9 Å². The molecule has 22 heavy (non-hydrogen) atoms. The van der Waals surface area contributed by atoms with Gasteiger partial charge in [-0.05, 0) is 18.6 Å². The molecular formula is C14H19N5O3. The molecule has 0 aliphatic carbocycles. The van der Waals surface area contributed by atoms with Crippen LogP contribution in [0.4, 0.5) is 10.7 Å². The molecule has 2 aromatic rings. The highest BCUT2D eigenvalue weighted by atomic mass is 16.6. The molecule has 0 aliphatic rings. The molecular weight excluding hydrogens is 286 g/mol. The topological polar surface area (TPSA) is 81.4 Å². The van der Waals surface area contributed by atoms with Gasteiger partial charge in [-0.2, -0.15) is 4.68 Å². The third-order valence-corrected chi connectivity index (χ3v) is 3.01. The molecule has 0 saturated carbocycles. The maximum absolute atomic E-state index is 12.2. The minimum absolute atomic E-state index is 0.347. The number of aromatic nitrogens is 3. The quantitative estimate of drug-likeness (QED) is 0.891. The van der Waals surface area contributed by atoms with Gasteiger partial charge in [-0.25, -0.2) is 9.59 Å². The summed E-state index contributed by atoms with van der Waals surface area (Å²) in [4.78, 5) is 26.1. The average Bonchev–Trinajstić information content (AvgIpc) is 2.85. The molecule has 0 unspecified atom stereocenters. The number of ether oxygens (including phenoxy) is 1. The van der Waals surface area contributed by atoms with Crippen LogP contribution in [0.3, 0.4) is 0 Å². The van der Waals surface area contributed by atoms with Gasteiger partial charge in [0.1, 0.15) is 5.75 Å². The van der Waals surface area contributed by atoms with E-state index < -0.39 is 11.8 Å². The maximum atomic E-state index is 12.2. The molecule has 0 amide bonds. The summed E-state index contributed by atoms with van der Waals surface area (Å²) in [7, 11) is 3.38. The summed E-state index contributed by atoms with van der Waals surface area (Å²) in [6.07, 6.45) is 0.0340. The Morgan fingerprint density at radius 3 is 2.64 bits per heavy atom. The van der Waals surface area contributed by atoms with E-state index in [4.69, 9.17) is 4.74 Å². The van der Waals surface area contributed by atoms with E-state index in [1.807, 2.05) is 6.92 Å². The second-order valence-corrected chi connectivity index (χ2v) is 4.66. The Balaban J connectivity index is 2.31. The zero-order chi connectivity index (χ0) is 16.1. The summed E-state index contributed by atoms with van der Waals surface area (Å²) in [5, 5.41) is 4.05. The van der Waals surface area contributed by atoms with Crippen molar-refractivity contribution in [2.45, 2.75) is 13.3 Å². The molecule has 8 heteroatoms. The number of rotatable bonds is 5. The van der Waals surface area contributed by atoms with E-state index in [1.165, 1.54) is 4.68 Å². The molecule has 0 atom stereocenters. The first-order chi connectivity index (χ1) is 10.6. The van der Waals surface area contributed by atoms with Gasteiger partial charge in [0, 0.05) is 20.6 Å². The van der Waals surface area contributed by atoms with Crippen molar-refractivity contribution in [3.8, 4) is 5.75 Å². The van der Waals surface area contributed by atoms with Crippen LogP contribution in [-0.4, -0.2) is 41.2 Å². The van der Waals surface area contributed by atoms with Crippen molar-refractivity contribution in [3.05, 3.63) is 40.8 Å². The van der Waals surface area contributed by atoms with Gasteiger partial charge in [0.25, 0.3) is 0 Å². The maximum Gasteiger partial charge on any atom is 0.444 e. The van der Waals surface area contributed by atoms with Crippen molar-refractivity contribution in [2.24, 2.45) is 0 Å². The molecule has 1 aromatic heterocycles. The highest BCUT2D eigenvalue weighted by Crippen LogP contribution is 2.10. The lowest BCUT2D eigenvalue weighted by Gasteiger charge is -2.16. The number of nitrogens with zero attached hydrogens (tertiary/aromatic N) is 4. The molecule has 1 N–H and O–H groups in total. The molecule has 0 radical (unpaired) electrons. The third kappa shape index (κ3) is 3.11. The van der Waals surface area contributed by atoms with E-state index in [-0.39, 0.29) is 0 Å². The molecule has 0 fully saturated rings. The monoisotopic (exact) mass is 305 g/mol. The average molecular weight is 305 g/mol. The Morgan fingerprint density at radius 2 is 2.05 bits per heavy atom. The highest BCUT2D eigenvalue weighted by Gasteiger charge is 2.21. The normalized spacial score (nSPS) is 10.3. The minimum Gasteiger partial charge on any atom is -0.409 e. The van der Waals surface area contributed by atoms with E-state index >= 15 is 0 Å². The summed E-state index contributed by atoms with van der Waals surface area (Å²) in [5.41, 5.74) is 2.10. The number of anilines is 1. The zero-order valence-electron chi connectivity index (χ0n) is 12.8. The highest BCUT2D eigenvalue weighted by molar-refractivity contribution is 5.72. The smallest absolute Gasteiger partial charge is 0.409 e. The zero-order valence-corrected chi connectivity index (χ0v) is 12.8. The summed E-state index contributed by atoms with van der Waals surface area (Å²) in [6, 6.07) is 8.53. The van der Waals surface area contributed by atoms with Crippen molar-refractivity contribution in [1.29, 1.82) is 0 Å². The van der Waals surface area contributed by atoms with Gasteiger partial charge < -0.3 is 15.1 Å². The number of carbonyl (C=O) groups excluding carboxylic acids is 1. The van der Waals surface area contributed by atoms with Crippen LogP contribution < -0.4 is 20.8 Å². The van der Waals surface area contributed by atoms with E-state index in [2.05, 4.69) is 10.5 Å². The fourth-order valence-corrected chi connectivity index (χ4v) is 1.99. The number of hydrogen-bond donors (Lipinski definition) is 1. The minimum atomic E-state index is -0.851. The Labute approximate surface area is 127 Å². The van der Waals surface area contributed by atoms with Crippen LogP contribution in [0.1, 0.15) is 13.3 Å². The van der Waals surface area contributed by atoms with Crippen molar-refractivity contribution >= 4 is 12.0 Å². The second-order valence-electron chi connectivity index (χ2n) is 4.66. The van der Waals surface area contributed by atoms with Crippen molar-refractivity contribution in [1.82, 2.24) is 14.5 Å². The number of benzene rings is 1. The van der Waals surface area contributed by atoms with E-state index in [0.717, 1.165) is 6.42 Å². The van der Waals surface area contributed by atoms with Gasteiger partial charge in [-0.3, -0.25) is 0 Å². The second kappa shape index (κ2) is 6.79. The van der Waals surface area contributed by atoms with Crippen molar-refractivity contribution in [3.63, 3.8) is 0 Å². The molecule has 0 bridgehead atoms. The van der Waals surface area contributed by atoms with Crippen LogP contribution in [0.5, 0.6) is 5.75 Å². The van der Waals surface area contributed by atoms with Gasteiger partial charge in [0.2, 0.25) is 5.95 Å². The SMILES string of the molecule is CCCN(C)c1nn(C(=O)Oc2ccccc2)c(=O)n1NC. The molecule has 0 aliphatic heterocycles. The van der Waals surface area contributed by atoms with Crippen molar-refractivity contribution < 1.29 is 9.53 Å². The molecule has 2 rings (SSSR count). The van der Waals surface area contributed by atoms with Crippen LogP contribution in [0, 0.1) is 0 Å². The lowest BCUT2D eigenvalue weighted by atomic mass is 10.3. The molecule has 0 saturated heterocycles. The first-order valence-electron chi connectivity index (χ1n) is 6.96. The first-order valence-corrected chi connectivity index (χ1v) is 6.96. The summed E-state index contributed by atoms with van der Waals surface area (Å²) in [6.45, 7) is 2.71. The number of para-hydroxylation sites is 1. The fourth-order valence-electron chi connectivity index (χ4n) is 1.99. The van der Waals surface area contributed by atoms with Crippen LogP contribution >= 0.6 is 0 Å². The number of nitrogens with one attached hydrogen (secondary N) is 1. The van der Waals surface area contributed by atoms with E-state index in [1.54, 1.807) is 49.3 Å². The van der Waals surface area contributed by atoms with Crippen LogP contribution in [0.15, 0.2) is 35.1 Å². The molecule has 8 nitrogen and oxygen atoms in total. The largest absolute Gasteiger partial charge is 0.444 e. The number of carbonyl (C=O) groups is 1. The van der Waals surface area contributed by atoms with Crippen LogP contribution in [-0.2, 0) is 0 Å². The number of hydrogen-bond acceptors (Lipinski definition) is 6. The standard InChI is InChI=1S/C14H19N5O3/c1-4-10-17(3)12-16-19(13(20)18(12)15-2)14(21)22-11-8-6-5-7-9-11/h5-9,15H,4,10H2,1-3H3. The summed E-state index contributed by atoms with van der Waals surface area (Å²) in [5.74, 6) is 0.696. The van der Waals surface area contributed by atoms with Gasteiger partial charge in [-0.1, -0.05) is 25.1 Å².